The molecular formula is C14H10N2O2. The number of rotatable bonds is 3. The van der Waals surface area contributed by atoms with Crippen LogP contribution in [0.3, 0.4) is 0 Å². The number of nitrogens with zero attached hydrogens (tertiary/aromatic N) is 1. The Balaban J connectivity index is 2.28. The first-order valence-electron chi connectivity index (χ1n) is 5.27. The van der Waals surface area contributed by atoms with Crippen molar-refractivity contribution in [1.82, 2.24) is 0 Å². The van der Waals surface area contributed by atoms with Crippen LogP contribution in [0.1, 0.15) is 15.9 Å². The van der Waals surface area contributed by atoms with Gasteiger partial charge >= 0.3 is 0 Å². The zero-order valence-corrected chi connectivity index (χ0v) is 9.46. The van der Waals surface area contributed by atoms with Crippen molar-refractivity contribution in [3.63, 3.8) is 0 Å². The third kappa shape index (κ3) is 2.47. The van der Waals surface area contributed by atoms with Crippen LogP contribution in [0.5, 0.6) is 11.5 Å². The van der Waals surface area contributed by atoms with Crippen LogP contribution in [0.15, 0.2) is 48.5 Å². The molecule has 1 amide bonds. The van der Waals surface area contributed by atoms with Gasteiger partial charge in [0.2, 0.25) is 0 Å². The van der Waals surface area contributed by atoms with E-state index in [4.69, 9.17) is 15.7 Å². The highest BCUT2D eigenvalue weighted by atomic mass is 16.5. The molecular weight excluding hydrogens is 228 g/mol. The van der Waals surface area contributed by atoms with Crippen LogP contribution in [0.25, 0.3) is 0 Å². The number of ether oxygens (including phenoxy) is 1. The molecule has 0 radical (unpaired) electrons. The molecule has 88 valence electrons. The molecule has 2 aromatic rings. The van der Waals surface area contributed by atoms with Gasteiger partial charge in [0, 0.05) is 0 Å². The van der Waals surface area contributed by atoms with Gasteiger partial charge in [-0.1, -0.05) is 12.1 Å². The molecule has 18 heavy (non-hydrogen) atoms. The molecule has 0 fully saturated rings. The minimum Gasteiger partial charge on any atom is -0.457 e. The van der Waals surface area contributed by atoms with Crippen LogP contribution < -0.4 is 10.5 Å². The van der Waals surface area contributed by atoms with Crippen molar-refractivity contribution in [2.75, 3.05) is 0 Å². The normalized spacial score (nSPS) is 9.50. The van der Waals surface area contributed by atoms with E-state index in [1.165, 1.54) is 0 Å². The summed E-state index contributed by atoms with van der Waals surface area (Å²) in [6.07, 6.45) is 0. The van der Waals surface area contributed by atoms with Gasteiger partial charge in [0.15, 0.2) is 0 Å². The summed E-state index contributed by atoms with van der Waals surface area (Å²) >= 11 is 0. The maximum absolute atomic E-state index is 11.2. The number of nitriles is 1. The Morgan fingerprint density at radius 2 is 1.78 bits per heavy atom. The first-order valence-corrected chi connectivity index (χ1v) is 5.27. The number of amides is 1. The molecule has 0 aliphatic rings. The van der Waals surface area contributed by atoms with Crippen LogP contribution in [0.4, 0.5) is 0 Å². The Morgan fingerprint density at radius 3 is 2.39 bits per heavy atom. The fourth-order valence-corrected chi connectivity index (χ4v) is 1.48. The van der Waals surface area contributed by atoms with Crippen molar-refractivity contribution in [2.24, 2.45) is 5.73 Å². The number of hydrogen-bond acceptors (Lipinski definition) is 3. The molecule has 0 atom stereocenters. The highest BCUT2D eigenvalue weighted by Gasteiger charge is 2.08. The highest BCUT2D eigenvalue weighted by Crippen LogP contribution is 2.25. The zero-order valence-electron chi connectivity index (χ0n) is 9.46. The molecule has 0 spiro atoms. The van der Waals surface area contributed by atoms with Crippen molar-refractivity contribution in [3.8, 4) is 17.6 Å². The maximum Gasteiger partial charge on any atom is 0.252 e. The summed E-state index contributed by atoms with van der Waals surface area (Å²) in [5.41, 5.74) is 6.12. The number of para-hydroxylation sites is 1. The lowest BCUT2D eigenvalue weighted by Gasteiger charge is -2.08. The fraction of sp³-hybridized carbons (Fsp3) is 0. The molecule has 4 heteroatoms. The van der Waals surface area contributed by atoms with Crippen molar-refractivity contribution >= 4 is 5.91 Å². The first kappa shape index (κ1) is 11.7. The monoisotopic (exact) mass is 238 g/mol. The summed E-state index contributed by atoms with van der Waals surface area (Å²) in [7, 11) is 0. The quantitative estimate of drug-likeness (QED) is 0.892. The van der Waals surface area contributed by atoms with Crippen molar-refractivity contribution in [1.29, 1.82) is 5.26 Å². The molecule has 0 aliphatic carbocycles. The topological polar surface area (TPSA) is 76.1 Å². The summed E-state index contributed by atoms with van der Waals surface area (Å²) in [4.78, 5) is 11.2. The van der Waals surface area contributed by atoms with E-state index in [0.29, 0.717) is 22.6 Å². The second kappa shape index (κ2) is 5.02. The molecule has 0 unspecified atom stereocenters. The lowest BCUT2D eigenvalue weighted by Crippen LogP contribution is -2.11. The van der Waals surface area contributed by atoms with Crippen LogP contribution in [-0.4, -0.2) is 5.91 Å². The van der Waals surface area contributed by atoms with E-state index in [9.17, 15) is 4.79 Å². The van der Waals surface area contributed by atoms with Gasteiger partial charge in [-0.3, -0.25) is 4.79 Å². The van der Waals surface area contributed by atoms with Crippen molar-refractivity contribution < 1.29 is 9.53 Å². The van der Waals surface area contributed by atoms with Gasteiger partial charge in [-0.15, -0.1) is 0 Å². The Kier molecular flexibility index (Phi) is 3.26. The summed E-state index contributed by atoms with van der Waals surface area (Å²) in [5.74, 6) is 0.400. The van der Waals surface area contributed by atoms with Crippen LogP contribution >= 0.6 is 0 Å². The van der Waals surface area contributed by atoms with Crippen molar-refractivity contribution in [3.05, 3.63) is 59.7 Å². The lowest BCUT2D eigenvalue weighted by molar-refractivity contribution is 0.0998. The van der Waals surface area contributed by atoms with Crippen molar-refractivity contribution in [2.45, 2.75) is 0 Å². The number of primary amides is 1. The summed E-state index contributed by atoms with van der Waals surface area (Å²) in [6.45, 7) is 0. The molecule has 0 aliphatic heterocycles. The van der Waals surface area contributed by atoms with E-state index in [-0.39, 0.29) is 0 Å². The molecule has 0 saturated heterocycles. The van der Waals surface area contributed by atoms with Gasteiger partial charge in [0.05, 0.1) is 17.2 Å². The Morgan fingerprint density at radius 1 is 1.11 bits per heavy atom. The average molecular weight is 238 g/mol. The van der Waals surface area contributed by atoms with E-state index >= 15 is 0 Å². The summed E-state index contributed by atoms with van der Waals surface area (Å²) in [5, 5.41) is 8.68. The lowest BCUT2D eigenvalue weighted by atomic mass is 10.2. The molecule has 2 rings (SSSR count). The fourth-order valence-electron chi connectivity index (χ4n) is 1.48. The Bertz CT molecular complexity index is 612. The second-order valence-electron chi connectivity index (χ2n) is 3.60. The molecule has 0 aromatic heterocycles. The second-order valence-corrected chi connectivity index (χ2v) is 3.60. The molecule has 0 heterocycles. The first-order chi connectivity index (χ1) is 8.70. The van der Waals surface area contributed by atoms with Gasteiger partial charge in [-0.05, 0) is 36.4 Å². The van der Waals surface area contributed by atoms with Gasteiger partial charge in [-0.2, -0.15) is 5.26 Å². The Labute approximate surface area is 104 Å². The number of nitrogens with two attached hydrogens (primary N) is 1. The standard InChI is InChI=1S/C14H10N2O2/c15-9-10-5-7-11(8-6-10)18-13-4-2-1-3-12(13)14(16)17/h1-8H,(H2,16,17). The molecule has 0 bridgehead atoms. The molecule has 4 nitrogen and oxygen atoms in total. The number of carbonyl (C=O) groups is 1. The highest BCUT2D eigenvalue weighted by molar-refractivity contribution is 5.95. The predicted molar refractivity (Wildman–Crippen MR) is 66.2 cm³/mol. The molecule has 2 aromatic carbocycles. The minimum absolute atomic E-state index is 0.321. The largest absolute Gasteiger partial charge is 0.457 e. The van der Waals surface area contributed by atoms with Gasteiger partial charge < -0.3 is 10.5 Å². The molecule has 0 saturated carbocycles. The van der Waals surface area contributed by atoms with Gasteiger partial charge in [0.1, 0.15) is 11.5 Å². The van der Waals surface area contributed by atoms with Crippen LogP contribution in [0, 0.1) is 11.3 Å². The van der Waals surface area contributed by atoms with E-state index in [2.05, 4.69) is 0 Å². The van der Waals surface area contributed by atoms with E-state index < -0.39 is 5.91 Å². The van der Waals surface area contributed by atoms with Gasteiger partial charge in [-0.25, -0.2) is 0 Å². The number of benzene rings is 2. The predicted octanol–water partition coefficient (Wildman–Crippen LogP) is 2.45. The van der Waals surface area contributed by atoms with Gasteiger partial charge in [0.25, 0.3) is 5.91 Å². The minimum atomic E-state index is -0.542. The SMILES string of the molecule is N#Cc1ccc(Oc2ccccc2C(N)=O)cc1. The molecule has 2 N–H and O–H groups in total. The summed E-state index contributed by atoms with van der Waals surface area (Å²) < 4.78 is 5.56. The van der Waals surface area contributed by atoms with E-state index in [1.807, 2.05) is 6.07 Å². The Hall–Kier alpha value is -2.80. The smallest absolute Gasteiger partial charge is 0.252 e. The third-order valence-electron chi connectivity index (χ3n) is 2.36. The summed E-state index contributed by atoms with van der Waals surface area (Å²) in [6, 6.07) is 15.4. The van der Waals surface area contributed by atoms with E-state index in [0.717, 1.165) is 0 Å². The van der Waals surface area contributed by atoms with E-state index in [1.54, 1.807) is 48.5 Å². The zero-order chi connectivity index (χ0) is 13.0. The number of carbonyl (C=O) groups excluding carboxylic acids is 1. The average Bonchev–Trinajstić information content (AvgIpc) is 2.40. The maximum atomic E-state index is 11.2. The van der Waals surface area contributed by atoms with Crippen LogP contribution in [-0.2, 0) is 0 Å². The van der Waals surface area contributed by atoms with Crippen LogP contribution in [0.2, 0.25) is 0 Å². The third-order valence-corrected chi connectivity index (χ3v) is 2.36. The number of hydrogen-bond donors (Lipinski definition) is 1.